The molecule has 0 saturated heterocycles. The summed E-state index contributed by atoms with van der Waals surface area (Å²) in [6, 6.07) is 7.78. The smallest absolute Gasteiger partial charge is 0.220 e. The van der Waals surface area contributed by atoms with Gasteiger partial charge in [0, 0.05) is 30.3 Å². The van der Waals surface area contributed by atoms with Gasteiger partial charge >= 0.3 is 0 Å². The molecule has 0 unspecified atom stereocenters. The van der Waals surface area contributed by atoms with E-state index in [1.807, 2.05) is 24.3 Å². The van der Waals surface area contributed by atoms with Crippen LogP contribution in [0, 0.1) is 0 Å². The Balaban J connectivity index is 1.26. The van der Waals surface area contributed by atoms with E-state index < -0.39 is 0 Å². The average Bonchev–Trinajstić information content (AvgIpc) is 3.32. The summed E-state index contributed by atoms with van der Waals surface area (Å²) in [6.45, 7) is 0.680. The van der Waals surface area contributed by atoms with Crippen molar-refractivity contribution in [2.24, 2.45) is 0 Å². The maximum Gasteiger partial charge on any atom is 0.220 e. The standard InChI is InChI=1S/C18H23ClN4O/c19-15-10-6-13(7-11-15)3-1-5-17(24)20-12-2-4-16-21-18(23-22-16)14-8-9-14/h6-7,10-11,14H,1-5,8-9,12H2,(H,20,24)(H,21,22,23). The van der Waals surface area contributed by atoms with Gasteiger partial charge in [-0.15, -0.1) is 0 Å². The molecule has 1 aliphatic carbocycles. The summed E-state index contributed by atoms with van der Waals surface area (Å²) in [5.74, 6) is 2.57. The topological polar surface area (TPSA) is 70.7 Å². The SMILES string of the molecule is O=C(CCCc1ccc(Cl)cc1)NCCCc1nc(C2CC2)n[nH]1. The van der Waals surface area contributed by atoms with E-state index in [4.69, 9.17) is 11.6 Å². The van der Waals surface area contributed by atoms with Gasteiger partial charge < -0.3 is 5.32 Å². The molecule has 1 amide bonds. The van der Waals surface area contributed by atoms with Crippen molar-refractivity contribution in [1.29, 1.82) is 0 Å². The van der Waals surface area contributed by atoms with Crippen LogP contribution in [0.3, 0.4) is 0 Å². The van der Waals surface area contributed by atoms with E-state index >= 15 is 0 Å². The molecule has 1 aromatic carbocycles. The van der Waals surface area contributed by atoms with Crippen LogP contribution in [-0.4, -0.2) is 27.6 Å². The van der Waals surface area contributed by atoms with E-state index in [1.54, 1.807) is 0 Å². The van der Waals surface area contributed by atoms with E-state index in [-0.39, 0.29) is 5.91 Å². The molecule has 1 aromatic heterocycles. The highest BCUT2D eigenvalue weighted by Gasteiger charge is 2.27. The number of carbonyl (C=O) groups excluding carboxylic acids is 1. The normalized spacial score (nSPS) is 13.9. The molecule has 1 saturated carbocycles. The second kappa shape index (κ2) is 8.29. The predicted molar refractivity (Wildman–Crippen MR) is 94.1 cm³/mol. The van der Waals surface area contributed by atoms with E-state index in [0.29, 0.717) is 18.9 Å². The number of benzene rings is 1. The van der Waals surface area contributed by atoms with Gasteiger partial charge in [-0.2, -0.15) is 5.10 Å². The zero-order chi connectivity index (χ0) is 16.8. The Morgan fingerprint density at radius 3 is 2.75 bits per heavy atom. The average molecular weight is 347 g/mol. The van der Waals surface area contributed by atoms with Gasteiger partial charge in [-0.05, 0) is 49.8 Å². The van der Waals surface area contributed by atoms with Crippen molar-refractivity contribution in [3.63, 3.8) is 0 Å². The van der Waals surface area contributed by atoms with Crippen LogP contribution >= 0.6 is 11.6 Å². The Hall–Kier alpha value is -1.88. The monoisotopic (exact) mass is 346 g/mol. The van der Waals surface area contributed by atoms with Crippen LogP contribution in [0.5, 0.6) is 0 Å². The molecule has 0 spiro atoms. The van der Waals surface area contributed by atoms with Crippen molar-refractivity contribution < 1.29 is 4.79 Å². The van der Waals surface area contributed by atoms with Crippen LogP contribution in [0.4, 0.5) is 0 Å². The molecule has 0 radical (unpaired) electrons. The Bertz CT molecular complexity index is 664. The molecular formula is C18H23ClN4O. The third-order valence-electron chi connectivity index (χ3n) is 4.19. The first-order valence-corrected chi connectivity index (χ1v) is 9.01. The first kappa shape index (κ1) is 17.0. The summed E-state index contributed by atoms with van der Waals surface area (Å²) in [7, 11) is 0. The molecule has 1 aliphatic rings. The van der Waals surface area contributed by atoms with Crippen molar-refractivity contribution in [2.45, 2.75) is 50.9 Å². The molecule has 0 bridgehead atoms. The fraction of sp³-hybridized carbons (Fsp3) is 0.500. The van der Waals surface area contributed by atoms with Crippen molar-refractivity contribution in [1.82, 2.24) is 20.5 Å². The lowest BCUT2D eigenvalue weighted by molar-refractivity contribution is -0.121. The van der Waals surface area contributed by atoms with E-state index in [1.165, 1.54) is 18.4 Å². The molecule has 2 N–H and O–H groups in total. The van der Waals surface area contributed by atoms with Gasteiger partial charge in [0.05, 0.1) is 0 Å². The summed E-state index contributed by atoms with van der Waals surface area (Å²) >= 11 is 5.86. The van der Waals surface area contributed by atoms with Gasteiger partial charge in [0.1, 0.15) is 5.82 Å². The van der Waals surface area contributed by atoms with Crippen LogP contribution in [-0.2, 0) is 17.6 Å². The minimum Gasteiger partial charge on any atom is -0.356 e. The van der Waals surface area contributed by atoms with Crippen LogP contribution in [0.25, 0.3) is 0 Å². The van der Waals surface area contributed by atoms with Gasteiger partial charge in [0.2, 0.25) is 5.91 Å². The fourth-order valence-corrected chi connectivity index (χ4v) is 2.75. The molecular weight excluding hydrogens is 324 g/mol. The zero-order valence-electron chi connectivity index (χ0n) is 13.7. The van der Waals surface area contributed by atoms with Crippen LogP contribution in [0.15, 0.2) is 24.3 Å². The number of hydrogen-bond donors (Lipinski definition) is 2. The number of aromatic amines is 1. The lowest BCUT2D eigenvalue weighted by Gasteiger charge is -2.05. The van der Waals surface area contributed by atoms with Gasteiger partial charge in [-0.1, -0.05) is 23.7 Å². The number of nitrogens with one attached hydrogen (secondary N) is 2. The predicted octanol–water partition coefficient (Wildman–Crippen LogP) is 3.41. The summed E-state index contributed by atoms with van der Waals surface area (Å²) in [5, 5.41) is 10.9. The first-order chi connectivity index (χ1) is 11.7. The quantitative estimate of drug-likeness (QED) is 0.683. The van der Waals surface area contributed by atoms with E-state index in [2.05, 4.69) is 20.5 Å². The minimum atomic E-state index is 0.111. The molecule has 1 heterocycles. The summed E-state index contributed by atoms with van der Waals surface area (Å²) in [4.78, 5) is 16.3. The number of halogens is 1. The Labute approximate surface area is 147 Å². The maximum absolute atomic E-state index is 11.8. The molecule has 2 aromatic rings. The van der Waals surface area contributed by atoms with Gasteiger partial charge in [0.15, 0.2) is 5.82 Å². The molecule has 3 rings (SSSR count). The molecule has 6 heteroatoms. The zero-order valence-corrected chi connectivity index (χ0v) is 14.5. The molecule has 5 nitrogen and oxygen atoms in total. The number of rotatable bonds is 9. The molecule has 1 fully saturated rings. The van der Waals surface area contributed by atoms with Crippen molar-refractivity contribution in [2.75, 3.05) is 6.54 Å². The Morgan fingerprint density at radius 2 is 2.00 bits per heavy atom. The number of aryl methyl sites for hydroxylation is 2. The lowest BCUT2D eigenvalue weighted by atomic mass is 10.1. The van der Waals surface area contributed by atoms with Gasteiger partial charge in [-0.3, -0.25) is 9.89 Å². The van der Waals surface area contributed by atoms with Crippen molar-refractivity contribution in [3.05, 3.63) is 46.5 Å². The molecule has 0 atom stereocenters. The van der Waals surface area contributed by atoms with Crippen molar-refractivity contribution in [3.8, 4) is 0 Å². The van der Waals surface area contributed by atoms with Crippen molar-refractivity contribution >= 4 is 17.5 Å². The molecule has 128 valence electrons. The van der Waals surface area contributed by atoms with E-state index in [9.17, 15) is 4.79 Å². The summed E-state index contributed by atoms with van der Waals surface area (Å²) < 4.78 is 0. The summed E-state index contributed by atoms with van der Waals surface area (Å²) in [5.41, 5.74) is 1.21. The second-order valence-electron chi connectivity index (χ2n) is 6.35. The molecule has 24 heavy (non-hydrogen) atoms. The van der Waals surface area contributed by atoms with Crippen LogP contribution in [0.1, 0.15) is 55.2 Å². The third kappa shape index (κ3) is 5.34. The van der Waals surface area contributed by atoms with Crippen LogP contribution < -0.4 is 5.32 Å². The number of carbonyl (C=O) groups is 1. The second-order valence-corrected chi connectivity index (χ2v) is 6.78. The fourth-order valence-electron chi connectivity index (χ4n) is 2.62. The number of aromatic nitrogens is 3. The largest absolute Gasteiger partial charge is 0.356 e. The number of nitrogens with zero attached hydrogens (tertiary/aromatic N) is 2. The highest BCUT2D eigenvalue weighted by atomic mass is 35.5. The highest BCUT2D eigenvalue weighted by Crippen LogP contribution is 2.37. The number of H-pyrrole nitrogens is 1. The Morgan fingerprint density at radius 1 is 1.21 bits per heavy atom. The maximum atomic E-state index is 11.8. The number of amides is 1. The minimum absolute atomic E-state index is 0.111. The van der Waals surface area contributed by atoms with Gasteiger partial charge in [-0.25, -0.2) is 4.98 Å². The Kier molecular flexibility index (Phi) is 5.86. The molecule has 0 aliphatic heterocycles. The summed E-state index contributed by atoms with van der Waals surface area (Å²) in [6.07, 6.45) is 6.42. The highest BCUT2D eigenvalue weighted by molar-refractivity contribution is 6.30. The third-order valence-corrected chi connectivity index (χ3v) is 4.44. The van der Waals surface area contributed by atoms with Crippen LogP contribution in [0.2, 0.25) is 5.02 Å². The van der Waals surface area contributed by atoms with Gasteiger partial charge in [0.25, 0.3) is 0 Å². The first-order valence-electron chi connectivity index (χ1n) is 8.63. The number of hydrogen-bond acceptors (Lipinski definition) is 3. The van der Waals surface area contributed by atoms with E-state index in [0.717, 1.165) is 42.4 Å². The lowest BCUT2D eigenvalue weighted by Crippen LogP contribution is -2.24.